The predicted molar refractivity (Wildman–Crippen MR) is 94.9 cm³/mol. The van der Waals surface area contributed by atoms with Crippen molar-refractivity contribution in [1.29, 1.82) is 0 Å². The molecule has 0 unspecified atom stereocenters. The number of carbonyl (C=O) groups is 1. The molecule has 0 bridgehead atoms. The Balaban J connectivity index is 2.17. The van der Waals surface area contributed by atoms with E-state index in [1.807, 2.05) is 0 Å². The van der Waals surface area contributed by atoms with Gasteiger partial charge >= 0.3 is 0 Å². The Morgan fingerprint density at radius 2 is 2.08 bits per heavy atom. The molecule has 0 aromatic carbocycles. The van der Waals surface area contributed by atoms with E-state index in [1.165, 1.54) is 6.20 Å². The highest BCUT2D eigenvalue weighted by Crippen LogP contribution is 2.27. The van der Waals surface area contributed by atoms with E-state index in [0.717, 1.165) is 12.8 Å². The van der Waals surface area contributed by atoms with E-state index in [-0.39, 0.29) is 23.8 Å². The van der Waals surface area contributed by atoms with Crippen LogP contribution in [0.25, 0.3) is 0 Å². The number of carbonyl (C=O) groups excluding carboxylic acids is 1. The molecule has 1 aromatic rings. The summed E-state index contributed by atoms with van der Waals surface area (Å²) in [5.41, 5.74) is 5.71. The molecule has 1 aliphatic carbocycles. The van der Waals surface area contributed by atoms with Crippen LogP contribution in [0.2, 0.25) is 0 Å². The van der Waals surface area contributed by atoms with E-state index in [4.69, 9.17) is 5.73 Å². The fourth-order valence-electron chi connectivity index (χ4n) is 2.73. The summed E-state index contributed by atoms with van der Waals surface area (Å²) in [4.78, 5) is 20.3. The summed E-state index contributed by atoms with van der Waals surface area (Å²) in [6, 6.07) is 0.272. The zero-order chi connectivity index (χ0) is 17.9. The van der Waals surface area contributed by atoms with E-state index in [0.29, 0.717) is 30.0 Å². The molecule has 0 aliphatic heterocycles. The van der Waals surface area contributed by atoms with Crippen LogP contribution in [0, 0.1) is 11.8 Å². The zero-order valence-electron chi connectivity index (χ0n) is 14.9. The average molecular weight is 335 g/mol. The van der Waals surface area contributed by atoms with Crippen LogP contribution < -0.4 is 16.4 Å². The maximum Gasteiger partial charge on any atom is 0.254 e. The average Bonchev–Trinajstić information content (AvgIpc) is 2.50. The minimum absolute atomic E-state index is 0.0690. The first kappa shape index (κ1) is 18.4. The largest absolute Gasteiger partial charge is 0.393 e. The molecule has 0 radical (unpaired) electrons. The maximum atomic E-state index is 11.7. The summed E-state index contributed by atoms with van der Waals surface area (Å²) in [5, 5.41) is 16.6. The quantitative estimate of drug-likeness (QED) is 0.632. The minimum atomic E-state index is -0.564. The van der Waals surface area contributed by atoms with Crippen molar-refractivity contribution in [2.24, 2.45) is 17.6 Å². The van der Waals surface area contributed by atoms with Crippen molar-refractivity contribution in [3.8, 4) is 0 Å². The maximum absolute atomic E-state index is 11.7. The number of nitrogens with one attached hydrogen (secondary N) is 2. The van der Waals surface area contributed by atoms with E-state index >= 15 is 0 Å². The second kappa shape index (κ2) is 7.79. The fourth-order valence-corrected chi connectivity index (χ4v) is 2.73. The minimum Gasteiger partial charge on any atom is -0.393 e. The SMILES string of the molecule is CC(C)[C@@H](C)Nc1ncc(C(N)=O)c(N[C@@H]2CC[C@@H](C)[C@H](O)C2)n1. The molecule has 7 nitrogen and oxygen atoms in total. The Morgan fingerprint density at radius 1 is 1.38 bits per heavy atom. The third-order valence-corrected chi connectivity index (χ3v) is 4.91. The number of nitrogens with two attached hydrogens (primary N) is 1. The van der Waals surface area contributed by atoms with E-state index in [9.17, 15) is 9.90 Å². The summed E-state index contributed by atoms with van der Waals surface area (Å²) in [5.74, 6) is 1.06. The fraction of sp³-hybridized carbons (Fsp3) is 0.706. The highest BCUT2D eigenvalue weighted by molar-refractivity contribution is 5.97. The van der Waals surface area contributed by atoms with Gasteiger partial charge in [0.25, 0.3) is 5.91 Å². The Bertz CT molecular complexity index is 578. The van der Waals surface area contributed by atoms with E-state index in [2.05, 4.69) is 48.3 Å². The first-order valence-electron chi connectivity index (χ1n) is 8.66. The molecule has 2 rings (SSSR count). The Labute approximate surface area is 143 Å². The number of rotatable bonds is 6. The Kier molecular flexibility index (Phi) is 5.99. The number of amides is 1. The van der Waals surface area contributed by atoms with Crippen LogP contribution in [0.1, 0.15) is 57.3 Å². The van der Waals surface area contributed by atoms with E-state index < -0.39 is 5.91 Å². The lowest BCUT2D eigenvalue weighted by atomic mass is 9.85. The van der Waals surface area contributed by atoms with Crippen molar-refractivity contribution in [3.05, 3.63) is 11.8 Å². The number of hydrogen-bond acceptors (Lipinski definition) is 6. The van der Waals surface area contributed by atoms with Gasteiger partial charge in [-0.1, -0.05) is 20.8 Å². The molecule has 0 saturated heterocycles. The summed E-state index contributed by atoms with van der Waals surface area (Å²) in [6.07, 6.45) is 3.61. The van der Waals surface area contributed by atoms with Crippen LogP contribution in [-0.2, 0) is 0 Å². The number of hydrogen-bond donors (Lipinski definition) is 4. The van der Waals surface area contributed by atoms with Gasteiger partial charge in [0.05, 0.1) is 11.7 Å². The van der Waals surface area contributed by atoms with Gasteiger partial charge in [0.1, 0.15) is 5.82 Å². The third-order valence-electron chi connectivity index (χ3n) is 4.91. The van der Waals surface area contributed by atoms with Crippen molar-refractivity contribution in [3.63, 3.8) is 0 Å². The zero-order valence-corrected chi connectivity index (χ0v) is 14.9. The van der Waals surface area contributed by atoms with Gasteiger partial charge < -0.3 is 21.5 Å². The second-order valence-corrected chi connectivity index (χ2v) is 7.20. The van der Waals surface area contributed by atoms with Gasteiger partial charge in [0.15, 0.2) is 0 Å². The van der Waals surface area contributed by atoms with Gasteiger partial charge in [-0.3, -0.25) is 4.79 Å². The second-order valence-electron chi connectivity index (χ2n) is 7.20. The molecule has 4 atom stereocenters. The predicted octanol–water partition coefficient (Wildman–Crippen LogP) is 1.99. The summed E-state index contributed by atoms with van der Waals surface area (Å²) in [7, 11) is 0. The molecule has 1 fully saturated rings. The molecule has 1 heterocycles. The van der Waals surface area contributed by atoms with Crippen LogP contribution in [0.3, 0.4) is 0 Å². The smallest absolute Gasteiger partial charge is 0.254 e. The monoisotopic (exact) mass is 335 g/mol. The van der Waals surface area contributed by atoms with Gasteiger partial charge in [-0.2, -0.15) is 4.98 Å². The number of aliphatic hydroxyl groups excluding tert-OH is 1. The third kappa shape index (κ3) is 4.56. The lowest BCUT2D eigenvalue weighted by Crippen LogP contribution is -2.35. The molecular weight excluding hydrogens is 306 g/mol. The highest BCUT2D eigenvalue weighted by Gasteiger charge is 2.27. The Hall–Kier alpha value is -1.89. The Morgan fingerprint density at radius 3 is 2.67 bits per heavy atom. The molecule has 1 aliphatic rings. The molecular formula is C17H29N5O2. The molecule has 134 valence electrons. The first-order valence-corrected chi connectivity index (χ1v) is 8.66. The molecule has 1 aromatic heterocycles. The van der Waals surface area contributed by atoms with Crippen molar-refractivity contribution in [2.45, 2.75) is 65.1 Å². The molecule has 24 heavy (non-hydrogen) atoms. The van der Waals surface area contributed by atoms with Crippen LogP contribution in [0.5, 0.6) is 0 Å². The highest BCUT2D eigenvalue weighted by atomic mass is 16.3. The van der Waals surface area contributed by atoms with Crippen LogP contribution >= 0.6 is 0 Å². The van der Waals surface area contributed by atoms with Gasteiger partial charge in [-0.15, -0.1) is 0 Å². The molecule has 1 saturated carbocycles. The number of aromatic nitrogens is 2. The van der Waals surface area contributed by atoms with Crippen molar-refractivity contribution in [2.75, 3.05) is 10.6 Å². The van der Waals surface area contributed by atoms with Crippen LogP contribution in [0.15, 0.2) is 6.20 Å². The van der Waals surface area contributed by atoms with E-state index in [1.54, 1.807) is 0 Å². The number of anilines is 2. The van der Waals surface area contributed by atoms with Gasteiger partial charge in [-0.25, -0.2) is 4.98 Å². The van der Waals surface area contributed by atoms with Gasteiger partial charge in [-0.05, 0) is 38.0 Å². The lowest BCUT2D eigenvalue weighted by molar-refractivity contribution is 0.0739. The summed E-state index contributed by atoms with van der Waals surface area (Å²) in [6.45, 7) is 8.33. The summed E-state index contributed by atoms with van der Waals surface area (Å²) >= 11 is 0. The normalized spacial score (nSPS) is 25.3. The number of primary amides is 1. The topological polar surface area (TPSA) is 113 Å². The molecule has 1 amide bonds. The summed E-state index contributed by atoms with van der Waals surface area (Å²) < 4.78 is 0. The van der Waals surface area contributed by atoms with Gasteiger partial charge in [0, 0.05) is 18.3 Å². The van der Waals surface area contributed by atoms with Crippen LogP contribution in [0.4, 0.5) is 11.8 Å². The van der Waals surface area contributed by atoms with Crippen molar-refractivity contribution in [1.82, 2.24) is 9.97 Å². The first-order chi connectivity index (χ1) is 11.3. The standard InChI is InChI=1S/C17H29N5O2/c1-9(2)11(4)20-17-19-8-13(15(18)24)16(22-17)21-12-6-5-10(3)14(23)7-12/h8-12,14,23H,5-7H2,1-4H3,(H2,18,24)(H2,19,20,21,22)/t10-,11-,12-,14-/m1/s1. The van der Waals surface area contributed by atoms with Crippen LogP contribution in [-0.4, -0.2) is 39.2 Å². The van der Waals surface area contributed by atoms with Crippen molar-refractivity contribution >= 4 is 17.7 Å². The molecule has 5 N–H and O–H groups in total. The molecule has 7 heteroatoms. The van der Waals surface area contributed by atoms with Gasteiger partial charge in [0.2, 0.25) is 5.95 Å². The number of aliphatic hydroxyl groups is 1. The molecule has 0 spiro atoms. The number of nitrogens with zero attached hydrogens (tertiary/aromatic N) is 2. The van der Waals surface area contributed by atoms with Crippen molar-refractivity contribution < 1.29 is 9.90 Å². The lowest BCUT2D eigenvalue weighted by Gasteiger charge is -2.32.